The normalized spacial score (nSPS) is 10.6. The predicted molar refractivity (Wildman–Crippen MR) is 107 cm³/mol. The average molecular weight is 399 g/mol. The fourth-order valence-electron chi connectivity index (χ4n) is 2.95. The predicted octanol–water partition coefficient (Wildman–Crippen LogP) is 5.15. The van der Waals surface area contributed by atoms with Crippen LogP contribution in [0.4, 0.5) is 25.0 Å². The van der Waals surface area contributed by atoms with E-state index in [0.29, 0.717) is 29.8 Å². The summed E-state index contributed by atoms with van der Waals surface area (Å²) >= 11 is 0. The van der Waals surface area contributed by atoms with Gasteiger partial charge in [-0.3, -0.25) is 9.78 Å². The van der Waals surface area contributed by atoms with E-state index < -0.39 is 17.7 Å². The molecule has 0 aliphatic heterocycles. The van der Waals surface area contributed by atoms with E-state index in [4.69, 9.17) is 4.74 Å². The van der Waals surface area contributed by atoms with Gasteiger partial charge in [-0.25, -0.2) is 13.6 Å². The molecule has 8 heteroatoms. The van der Waals surface area contributed by atoms with E-state index >= 15 is 0 Å². The highest BCUT2D eigenvalue weighted by atomic mass is 19.1. The molecule has 3 aromatic rings. The lowest BCUT2D eigenvalue weighted by molar-refractivity contribution is 0.0979. The Morgan fingerprint density at radius 3 is 2.55 bits per heavy atom. The maximum absolute atomic E-state index is 14.2. The number of halogens is 2. The number of pyridine rings is 1. The van der Waals surface area contributed by atoms with Crippen LogP contribution in [0.25, 0.3) is 10.9 Å². The number of amides is 2. The third-order valence-corrected chi connectivity index (χ3v) is 4.28. The molecule has 0 bridgehead atoms. The number of benzene rings is 2. The molecule has 6 nitrogen and oxygen atoms in total. The Kier molecular flexibility index (Phi) is 6.01. The van der Waals surface area contributed by atoms with E-state index in [1.165, 1.54) is 25.4 Å². The Morgan fingerprint density at radius 1 is 1.07 bits per heavy atom. The molecule has 29 heavy (non-hydrogen) atoms. The van der Waals surface area contributed by atoms with E-state index in [1.807, 2.05) is 6.92 Å². The minimum atomic E-state index is -0.707. The molecule has 0 atom stereocenters. The zero-order chi connectivity index (χ0) is 21.0. The molecule has 0 radical (unpaired) electrons. The number of ketones is 1. The summed E-state index contributed by atoms with van der Waals surface area (Å²) < 4.78 is 33.3. The van der Waals surface area contributed by atoms with Gasteiger partial charge in [0.05, 0.1) is 23.7 Å². The lowest BCUT2D eigenvalue weighted by atomic mass is 10.0. The molecule has 0 saturated heterocycles. The summed E-state index contributed by atoms with van der Waals surface area (Å²) in [5.74, 6) is -1.10. The van der Waals surface area contributed by atoms with Gasteiger partial charge in [0.15, 0.2) is 5.78 Å². The van der Waals surface area contributed by atoms with Crippen molar-refractivity contribution in [3.8, 4) is 5.75 Å². The number of Topliss-reactive ketones (excluding diaryl/α,β-unsaturated/α-hetero) is 1. The molecule has 150 valence electrons. The lowest BCUT2D eigenvalue weighted by Crippen LogP contribution is -2.20. The molecule has 2 N–H and O–H groups in total. The summed E-state index contributed by atoms with van der Waals surface area (Å²) in [4.78, 5) is 28.5. The first kappa shape index (κ1) is 20.2. The highest BCUT2D eigenvalue weighted by molar-refractivity contribution is 6.06. The van der Waals surface area contributed by atoms with Gasteiger partial charge in [-0.15, -0.1) is 0 Å². The number of methoxy groups -OCH3 is 1. The first-order chi connectivity index (χ1) is 13.9. The van der Waals surface area contributed by atoms with Gasteiger partial charge in [0, 0.05) is 18.3 Å². The Balaban J connectivity index is 1.85. The first-order valence-corrected chi connectivity index (χ1v) is 8.96. The summed E-state index contributed by atoms with van der Waals surface area (Å²) in [6.45, 7) is 1.89. The third-order valence-electron chi connectivity index (χ3n) is 4.28. The Bertz CT molecular complexity index is 1090. The molecule has 0 saturated carbocycles. The standard InChI is InChI=1S/C21H19F2N3O3/c1-3-4-17(27)13-11-12(5-8-18(13)29-2)25-21(28)26-16-9-10-24-20-15(23)7-6-14(22)19(16)20/h5-11H,3-4H2,1-2H3,(H2,24,25,26,28). The monoisotopic (exact) mass is 399 g/mol. The smallest absolute Gasteiger partial charge is 0.323 e. The molecule has 0 aliphatic carbocycles. The van der Waals surface area contributed by atoms with E-state index in [9.17, 15) is 18.4 Å². The number of aromatic nitrogens is 1. The number of hydrogen-bond donors (Lipinski definition) is 2. The minimum absolute atomic E-state index is 0.0697. The van der Waals surface area contributed by atoms with Gasteiger partial charge in [-0.05, 0) is 42.8 Å². The van der Waals surface area contributed by atoms with Crippen LogP contribution in [-0.2, 0) is 0 Å². The van der Waals surface area contributed by atoms with Crippen LogP contribution in [-0.4, -0.2) is 23.9 Å². The van der Waals surface area contributed by atoms with Gasteiger partial charge in [0.1, 0.15) is 22.9 Å². The minimum Gasteiger partial charge on any atom is -0.496 e. The molecule has 2 aromatic carbocycles. The fourth-order valence-corrected chi connectivity index (χ4v) is 2.95. The Morgan fingerprint density at radius 2 is 1.83 bits per heavy atom. The molecule has 2 amide bonds. The van der Waals surface area contributed by atoms with Crippen molar-refractivity contribution < 1.29 is 23.1 Å². The number of hydrogen-bond acceptors (Lipinski definition) is 4. The summed E-state index contributed by atoms with van der Waals surface area (Å²) in [6.07, 6.45) is 2.30. The van der Waals surface area contributed by atoms with Crippen LogP contribution in [0.5, 0.6) is 5.75 Å². The zero-order valence-corrected chi connectivity index (χ0v) is 15.9. The van der Waals surface area contributed by atoms with Crippen LogP contribution >= 0.6 is 0 Å². The number of carbonyl (C=O) groups is 2. The van der Waals surface area contributed by atoms with Crippen molar-refractivity contribution in [2.75, 3.05) is 17.7 Å². The summed E-state index contributed by atoms with van der Waals surface area (Å²) in [5.41, 5.74) is 0.599. The van der Waals surface area contributed by atoms with Crippen molar-refractivity contribution in [3.05, 3.63) is 59.8 Å². The highest BCUT2D eigenvalue weighted by Gasteiger charge is 2.16. The Hall–Kier alpha value is -3.55. The van der Waals surface area contributed by atoms with Gasteiger partial charge < -0.3 is 15.4 Å². The number of ether oxygens (including phenoxy) is 1. The van der Waals surface area contributed by atoms with Gasteiger partial charge in [-0.2, -0.15) is 0 Å². The van der Waals surface area contributed by atoms with E-state index in [0.717, 1.165) is 12.1 Å². The lowest BCUT2D eigenvalue weighted by Gasteiger charge is -2.13. The molecule has 0 unspecified atom stereocenters. The third kappa shape index (κ3) is 4.31. The second-order valence-electron chi connectivity index (χ2n) is 6.28. The van der Waals surface area contributed by atoms with Crippen molar-refractivity contribution in [3.63, 3.8) is 0 Å². The van der Waals surface area contributed by atoms with E-state index in [1.54, 1.807) is 12.1 Å². The number of fused-ring (bicyclic) bond motifs is 1. The largest absolute Gasteiger partial charge is 0.496 e. The van der Waals surface area contributed by atoms with Crippen molar-refractivity contribution in [1.82, 2.24) is 4.98 Å². The molecular weight excluding hydrogens is 380 g/mol. The van der Waals surface area contributed by atoms with Crippen molar-refractivity contribution >= 4 is 34.1 Å². The number of urea groups is 1. The number of carbonyl (C=O) groups excluding carboxylic acids is 2. The van der Waals surface area contributed by atoms with E-state index in [2.05, 4.69) is 15.6 Å². The number of anilines is 2. The molecular formula is C21H19F2N3O3. The zero-order valence-electron chi connectivity index (χ0n) is 15.9. The topological polar surface area (TPSA) is 80.3 Å². The summed E-state index contributed by atoms with van der Waals surface area (Å²) in [5, 5.41) is 4.95. The average Bonchev–Trinajstić information content (AvgIpc) is 2.71. The molecule has 3 rings (SSSR count). The van der Waals surface area contributed by atoms with Crippen LogP contribution in [0, 0.1) is 11.6 Å². The maximum atomic E-state index is 14.2. The van der Waals surface area contributed by atoms with Gasteiger partial charge in [0.25, 0.3) is 0 Å². The SMILES string of the molecule is CCCC(=O)c1cc(NC(=O)Nc2ccnc3c(F)ccc(F)c23)ccc1OC. The Labute approximate surface area is 165 Å². The van der Waals surface area contributed by atoms with Gasteiger partial charge in [-0.1, -0.05) is 6.92 Å². The first-order valence-electron chi connectivity index (χ1n) is 8.96. The van der Waals surface area contributed by atoms with Crippen molar-refractivity contribution in [1.29, 1.82) is 0 Å². The number of rotatable bonds is 6. The molecule has 0 fully saturated rings. The van der Waals surface area contributed by atoms with E-state index in [-0.39, 0.29) is 22.4 Å². The highest BCUT2D eigenvalue weighted by Crippen LogP contribution is 2.27. The second kappa shape index (κ2) is 8.64. The maximum Gasteiger partial charge on any atom is 0.323 e. The van der Waals surface area contributed by atoms with Gasteiger partial charge >= 0.3 is 6.03 Å². The van der Waals surface area contributed by atoms with Crippen LogP contribution < -0.4 is 15.4 Å². The second-order valence-corrected chi connectivity index (χ2v) is 6.28. The van der Waals surface area contributed by atoms with Crippen molar-refractivity contribution in [2.45, 2.75) is 19.8 Å². The van der Waals surface area contributed by atoms with Crippen LogP contribution in [0.1, 0.15) is 30.1 Å². The number of nitrogens with zero attached hydrogens (tertiary/aromatic N) is 1. The summed E-state index contributed by atoms with van der Waals surface area (Å²) in [6, 6.07) is 7.30. The number of nitrogens with one attached hydrogen (secondary N) is 2. The summed E-state index contributed by atoms with van der Waals surface area (Å²) in [7, 11) is 1.46. The van der Waals surface area contributed by atoms with Crippen LogP contribution in [0.3, 0.4) is 0 Å². The van der Waals surface area contributed by atoms with Crippen LogP contribution in [0.15, 0.2) is 42.6 Å². The molecule has 1 aromatic heterocycles. The molecule has 1 heterocycles. The van der Waals surface area contributed by atoms with Crippen LogP contribution in [0.2, 0.25) is 0 Å². The fraction of sp³-hybridized carbons (Fsp3) is 0.190. The quantitative estimate of drug-likeness (QED) is 0.562. The molecule has 0 aliphatic rings. The van der Waals surface area contributed by atoms with Gasteiger partial charge in [0.2, 0.25) is 0 Å². The van der Waals surface area contributed by atoms with Crippen molar-refractivity contribution in [2.24, 2.45) is 0 Å². The molecule has 0 spiro atoms.